The molecule has 0 N–H and O–H groups in total. The van der Waals surface area contributed by atoms with E-state index in [9.17, 15) is 0 Å². The van der Waals surface area contributed by atoms with Crippen LogP contribution in [0.2, 0.25) is 0 Å². The maximum absolute atomic E-state index is 2.48. The highest BCUT2D eigenvalue weighted by Gasteiger charge is 2.36. The van der Waals surface area contributed by atoms with E-state index in [1.165, 1.54) is 25.8 Å². The van der Waals surface area contributed by atoms with E-state index in [0.29, 0.717) is 5.54 Å². The molecule has 1 rings (SSSR count). The molecule has 0 spiro atoms. The van der Waals surface area contributed by atoms with Gasteiger partial charge in [0.1, 0.15) is 0 Å². The highest BCUT2D eigenvalue weighted by atomic mass is 15.2. The van der Waals surface area contributed by atoms with Crippen LogP contribution in [0.1, 0.15) is 40.0 Å². The van der Waals surface area contributed by atoms with Crippen LogP contribution in [0.5, 0.6) is 0 Å². The summed E-state index contributed by atoms with van der Waals surface area (Å²) in [7, 11) is 2.24. The van der Waals surface area contributed by atoms with Crippen molar-refractivity contribution < 1.29 is 0 Å². The topological polar surface area (TPSA) is 3.24 Å². The molecule has 0 aromatic heterocycles. The summed E-state index contributed by atoms with van der Waals surface area (Å²) in [6.45, 7) is 8.30. The van der Waals surface area contributed by atoms with Crippen molar-refractivity contribution in [3.05, 3.63) is 0 Å². The van der Waals surface area contributed by atoms with Gasteiger partial charge in [-0.2, -0.15) is 0 Å². The van der Waals surface area contributed by atoms with Crippen molar-refractivity contribution in [2.45, 2.75) is 45.6 Å². The molecule has 1 nitrogen and oxygen atoms in total. The molecule has 1 fully saturated rings. The smallest absolute Gasteiger partial charge is 0.0190 e. The second-order valence-electron chi connectivity index (χ2n) is 4.60. The van der Waals surface area contributed by atoms with Crippen molar-refractivity contribution in [1.29, 1.82) is 0 Å². The summed E-state index contributed by atoms with van der Waals surface area (Å²) >= 11 is 0. The van der Waals surface area contributed by atoms with Gasteiger partial charge in [0.15, 0.2) is 0 Å². The first-order valence-corrected chi connectivity index (χ1v) is 4.76. The summed E-state index contributed by atoms with van der Waals surface area (Å²) in [5.74, 6) is 0.862. The number of hydrogen-bond acceptors (Lipinski definition) is 1. The van der Waals surface area contributed by atoms with Crippen LogP contribution in [0.15, 0.2) is 0 Å². The minimum Gasteiger partial charge on any atom is -0.301 e. The molecule has 0 aromatic rings. The maximum Gasteiger partial charge on any atom is 0.0190 e. The van der Waals surface area contributed by atoms with Crippen LogP contribution in [0.25, 0.3) is 0 Å². The summed E-state index contributed by atoms with van der Waals surface area (Å²) in [6, 6.07) is 0. The zero-order valence-electron chi connectivity index (χ0n) is 8.35. The van der Waals surface area contributed by atoms with Crippen molar-refractivity contribution in [2.24, 2.45) is 5.92 Å². The van der Waals surface area contributed by atoms with E-state index >= 15 is 0 Å². The Hall–Kier alpha value is -0.0400. The number of hydrogen-bond donors (Lipinski definition) is 0. The Morgan fingerprint density at radius 3 is 2.36 bits per heavy atom. The molecule has 1 saturated heterocycles. The SMILES string of the molecule is CC(C)CCC1(C)CCN1C. The Balaban J connectivity index is 2.25. The first-order valence-electron chi connectivity index (χ1n) is 4.76. The largest absolute Gasteiger partial charge is 0.301 e. The van der Waals surface area contributed by atoms with Gasteiger partial charge >= 0.3 is 0 Å². The molecule has 0 bridgehead atoms. The van der Waals surface area contributed by atoms with Gasteiger partial charge in [-0.1, -0.05) is 13.8 Å². The Bertz CT molecular complexity index is 131. The van der Waals surface area contributed by atoms with E-state index in [0.717, 1.165) is 5.92 Å². The van der Waals surface area contributed by atoms with E-state index in [1.807, 2.05) is 0 Å². The molecule has 0 aromatic carbocycles. The molecule has 11 heavy (non-hydrogen) atoms. The lowest BCUT2D eigenvalue weighted by Gasteiger charge is -2.49. The Morgan fingerprint density at radius 1 is 1.45 bits per heavy atom. The summed E-state index contributed by atoms with van der Waals surface area (Å²) in [4.78, 5) is 2.48. The lowest BCUT2D eigenvalue weighted by molar-refractivity contribution is 0.0159. The number of nitrogens with zero attached hydrogens (tertiary/aromatic N) is 1. The molecule has 0 radical (unpaired) electrons. The molecule has 1 heteroatoms. The predicted molar refractivity (Wildman–Crippen MR) is 49.7 cm³/mol. The lowest BCUT2D eigenvalue weighted by Crippen LogP contribution is -2.55. The minimum atomic E-state index is 0.546. The molecule has 1 aliphatic rings. The average Bonchev–Trinajstić information content (AvgIpc) is 1.97. The van der Waals surface area contributed by atoms with Crippen LogP contribution >= 0.6 is 0 Å². The molecule has 0 amide bonds. The number of rotatable bonds is 3. The van der Waals surface area contributed by atoms with E-state index in [4.69, 9.17) is 0 Å². The third kappa shape index (κ3) is 1.96. The van der Waals surface area contributed by atoms with E-state index < -0.39 is 0 Å². The Labute approximate surface area is 70.8 Å². The molecule has 66 valence electrons. The Kier molecular flexibility index (Phi) is 2.58. The zero-order valence-corrected chi connectivity index (χ0v) is 8.35. The van der Waals surface area contributed by atoms with Gasteiger partial charge < -0.3 is 4.90 Å². The van der Waals surface area contributed by atoms with Gasteiger partial charge in [-0.25, -0.2) is 0 Å². The molecule has 1 atom stereocenters. The van der Waals surface area contributed by atoms with Crippen LogP contribution < -0.4 is 0 Å². The molecule has 1 heterocycles. The standard InChI is InChI=1S/C10H21N/c1-9(2)5-6-10(3)7-8-11(10)4/h9H,5-8H2,1-4H3. The molecule has 0 saturated carbocycles. The first-order chi connectivity index (χ1) is 5.04. The van der Waals surface area contributed by atoms with Crippen molar-refractivity contribution >= 4 is 0 Å². The van der Waals surface area contributed by atoms with Gasteiger partial charge in [0.05, 0.1) is 0 Å². The fraction of sp³-hybridized carbons (Fsp3) is 1.00. The number of likely N-dealkylation sites (tertiary alicyclic amines) is 1. The lowest BCUT2D eigenvalue weighted by atomic mass is 9.81. The van der Waals surface area contributed by atoms with Gasteiger partial charge in [-0.3, -0.25) is 0 Å². The second kappa shape index (κ2) is 3.14. The molecular formula is C10H21N. The molecule has 0 aliphatic carbocycles. The van der Waals surface area contributed by atoms with Gasteiger partial charge in [-0.15, -0.1) is 0 Å². The summed E-state index contributed by atoms with van der Waals surface area (Å²) < 4.78 is 0. The van der Waals surface area contributed by atoms with Gasteiger partial charge in [0, 0.05) is 12.1 Å². The summed E-state index contributed by atoms with van der Waals surface area (Å²) in [6.07, 6.45) is 4.15. The third-order valence-electron chi connectivity index (χ3n) is 3.17. The Morgan fingerprint density at radius 2 is 2.09 bits per heavy atom. The van der Waals surface area contributed by atoms with Crippen molar-refractivity contribution in [3.63, 3.8) is 0 Å². The van der Waals surface area contributed by atoms with Gasteiger partial charge in [-0.05, 0) is 39.2 Å². The van der Waals surface area contributed by atoms with Gasteiger partial charge in [0.2, 0.25) is 0 Å². The zero-order chi connectivity index (χ0) is 8.48. The molecular weight excluding hydrogens is 134 g/mol. The van der Waals surface area contributed by atoms with E-state index in [-0.39, 0.29) is 0 Å². The summed E-state index contributed by atoms with van der Waals surface area (Å²) in [5.41, 5.74) is 0.546. The monoisotopic (exact) mass is 155 g/mol. The quantitative estimate of drug-likeness (QED) is 0.605. The summed E-state index contributed by atoms with van der Waals surface area (Å²) in [5, 5.41) is 0. The minimum absolute atomic E-state index is 0.546. The second-order valence-corrected chi connectivity index (χ2v) is 4.60. The fourth-order valence-corrected chi connectivity index (χ4v) is 1.63. The van der Waals surface area contributed by atoms with Crippen molar-refractivity contribution in [2.75, 3.05) is 13.6 Å². The third-order valence-corrected chi connectivity index (χ3v) is 3.17. The van der Waals surface area contributed by atoms with Crippen molar-refractivity contribution in [3.8, 4) is 0 Å². The maximum atomic E-state index is 2.48. The molecule has 1 aliphatic heterocycles. The highest BCUT2D eigenvalue weighted by Crippen LogP contribution is 2.33. The average molecular weight is 155 g/mol. The predicted octanol–water partition coefficient (Wildman–Crippen LogP) is 2.52. The molecule has 1 unspecified atom stereocenters. The van der Waals surface area contributed by atoms with Crippen LogP contribution in [0, 0.1) is 5.92 Å². The highest BCUT2D eigenvalue weighted by molar-refractivity contribution is 4.93. The van der Waals surface area contributed by atoms with E-state index in [2.05, 4.69) is 32.7 Å². The van der Waals surface area contributed by atoms with Crippen molar-refractivity contribution in [1.82, 2.24) is 4.90 Å². The van der Waals surface area contributed by atoms with Crippen LogP contribution in [-0.2, 0) is 0 Å². The van der Waals surface area contributed by atoms with E-state index in [1.54, 1.807) is 0 Å². The normalized spacial score (nSPS) is 32.5. The van der Waals surface area contributed by atoms with Crippen LogP contribution in [0.3, 0.4) is 0 Å². The van der Waals surface area contributed by atoms with Crippen LogP contribution in [-0.4, -0.2) is 24.0 Å². The van der Waals surface area contributed by atoms with Gasteiger partial charge in [0.25, 0.3) is 0 Å². The first kappa shape index (κ1) is 9.05. The fourth-order valence-electron chi connectivity index (χ4n) is 1.63. The van der Waals surface area contributed by atoms with Crippen LogP contribution in [0.4, 0.5) is 0 Å².